The lowest BCUT2D eigenvalue weighted by Gasteiger charge is -2.26. The molecule has 0 bridgehead atoms. The molecule has 2 aromatic rings. The van der Waals surface area contributed by atoms with Gasteiger partial charge in [-0.05, 0) is 58.2 Å². The fraction of sp³-hybridized carbons (Fsp3) is 0.571. The molecule has 0 spiro atoms. The first-order chi connectivity index (χ1) is 14.0. The summed E-state index contributed by atoms with van der Waals surface area (Å²) in [6.45, 7) is 8.57. The molecule has 2 unspecified atom stereocenters. The lowest BCUT2D eigenvalue weighted by Crippen LogP contribution is -2.33. The summed E-state index contributed by atoms with van der Waals surface area (Å²) in [6, 6.07) is 6.25. The van der Waals surface area contributed by atoms with Crippen molar-refractivity contribution >= 4 is 13.3 Å². The predicted octanol–water partition coefficient (Wildman–Crippen LogP) is 4.49. The molecule has 1 fully saturated rings. The Morgan fingerprint density at radius 1 is 1.30 bits per heavy atom. The number of carbonyl (C=O) groups excluding carboxylic acids is 1. The number of hydrogen-bond acceptors (Lipinski definition) is 7. The maximum absolute atomic E-state index is 13.3. The Bertz CT molecular complexity index is 947. The van der Waals surface area contributed by atoms with Gasteiger partial charge in [0.15, 0.2) is 5.82 Å². The van der Waals surface area contributed by atoms with Crippen LogP contribution in [0.25, 0.3) is 0 Å². The van der Waals surface area contributed by atoms with Crippen LogP contribution < -0.4 is 0 Å². The van der Waals surface area contributed by atoms with Crippen LogP contribution in [0.5, 0.6) is 0 Å². The molecule has 9 heteroatoms. The van der Waals surface area contributed by atoms with E-state index in [2.05, 4.69) is 10.1 Å². The van der Waals surface area contributed by atoms with E-state index in [1.807, 2.05) is 0 Å². The SMILES string of the molecule is CCOP(C)(=O)C(Cc1nc(C2(c3ccc(F)cc3)CC2)no1)C(=O)OC(C)(C)C. The summed E-state index contributed by atoms with van der Waals surface area (Å²) >= 11 is 0. The molecule has 164 valence electrons. The van der Waals surface area contributed by atoms with Crippen molar-refractivity contribution in [1.29, 1.82) is 0 Å². The number of rotatable bonds is 8. The minimum atomic E-state index is -3.33. The Labute approximate surface area is 175 Å². The quantitative estimate of drug-likeness (QED) is 0.443. The van der Waals surface area contributed by atoms with Gasteiger partial charge in [0, 0.05) is 13.1 Å². The van der Waals surface area contributed by atoms with E-state index in [0.717, 1.165) is 18.4 Å². The van der Waals surface area contributed by atoms with E-state index in [9.17, 15) is 13.8 Å². The molecule has 2 atom stereocenters. The first kappa shape index (κ1) is 22.6. The van der Waals surface area contributed by atoms with Crippen LogP contribution >= 0.6 is 7.37 Å². The van der Waals surface area contributed by atoms with E-state index in [1.165, 1.54) is 18.8 Å². The number of ether oxygens (including phenoxy) is 1. The largest absolute Gasteiger partial charge is 0.459 e. The number of nitrogens with zero attached hydrogens (tertiary/aromatic N) is 2. The molecule has 1 heterocycles. The maximum Gasteiger partial charge on any atom is 0.319 e. The highest BCUT2D eigenvalue weighted by Crippen LogP contribution is 2.53. The highest BCUT2D eigenvalue weighted by molar-refractivity contribution is 7.60. The van der Waals surface area contributed by atoms with Crippen LogP contribution in [0.15, 0.2) is 28.8 Å². The monoisotopic (exact) mass is 438 g/mol. The van der Waals surface area contributed by atoms with E-state index in [-0.39, 0.29) is 24.7 Å². The maximum atomic E-state index is 13.3. The average Bonchev–Trinajstić information content (AvgIpc) is 3.30. The Balaban J connectivity index is 1.84. The summed E-state index contributed by atoms with van der Waals surface area (Å²) in [5, 5.41) is 4.10. The molecule has 1 aliphatic rings. The molecule has 30 heavy (non-hydrogen) atoms. The Hall–Kier alpha value is -2.05. The third-order valence-corrected chi connectivity index (χ3v) is 7.34. The lowest BCUT2D eigenvalue weighted by molar-refractivity contribution is -0.154. The summed E-state index contributed by atoms with van der Waals surface area (Å²) in [4.78, 5) is 17.2. The highest BCUT2D eigenvalue weighted by atomic mass is 31.2. The van der Waals surface area contributed by atoms with Crippen molar-refractivity contribution in [3.05, 3.63) is 47.4 Å². The van der Waals surface area contributed by atoms with E-state index in [4.69, 9.17) is 13.8 Å². The van der Waals surface area contributed by atoms with Gasteiger partial charge in [0.25, 0.3) is 0 Å². The molecule has 0 amide bonds. The topological polar surface area (TPSA) is 91.5 Å². The molecule has 1 aromatic carbocycles. The smallest absolute Gasteiger partial charge is 0.319 e. The molecule has 1 aromatic heterocycles. The van der Waals surface area contributed by atoms with E-state index < -0.39 is 30.0 Å². The van der Waals surface area contributed by atoms with Crippen molar-refractivity contribution in [2.45, 2.75) is 63.6 Å². The minimum Gasteiger partial charge on any atom is -0.459 e. The van der Waals surface area contributed by atoms with E-state index in [1.54, 1.807) is 39.8 Å². The highest BCUT2D eigenvalue weighted by Gasteiger charge is 2.50. The Morgan fingerprint density at radius 2 is 1.93 bits per heavy atom. The molecule has 0 N–H and O–H groups in total. The molecule has 0 radical (unpaired) electrons. The zero-order chi connectivity index (χ0) is 22.2. The first-order valence-electron chi connectivity index (χ1n) is 10.0. The summed E-state index contributed by atoms with van der Waals surface area (Å²) in [5.41, 5.74) is -1.28. The van der Waals surface area contributed by atoms with Crippen LogP contribution in [0.2, 0.25) is 0 Å². The molecule has 1 saturated carbocycles. The lowest BCUT2D eigenvalue weighted by atomic mass is 9.95. The average molecular weight is 438 g/mol. The summed E-state index contributed by atoms with van der Waals surface area (Å²) in [6.07, 6.45) is 1.59. The minimum absolute atomic E-state index is 0.0464. The Kier molecular flexibility index (Phi) is 6.21. The fourth-order valence-electron chi connectivity index (χ4n) is 3.39. The van der Waals surface area contributed by atoms with E-state index >= 15 is 0 Å². The predicted molar refractivity (Wildman–Crippen MR) is 109 cm³/mol. The molecule has 7 nitrogen and oxygen atoms in total. The second kappa shape index (κ2) is 8.23. The standard InChI is InChI=1S/C21H28FN2O5P/c1-6-27-30(5,26)16(18(25)28-20(2,3)4)13-17-23-19(24-29-17)21(11-12-21)14-7-9-15(22)10-8-14/h7-10,16H,6,11-13H2,1-5H3. The normalized spacial score (nSPS) is 18.5. The van der Waals surface area contributed by atoms with Gasteiger partial charge in [-0.15, -0.1) is 0 Å². The summed E-state index contributed by atoms with van der Waals surface area (Å²) in [5.74, 6) is -0.259. The molecular weight excluding hydrogens is 410 g/mol. The van der Waals surface area contributed by atoms with E-state index in [0.29, 0.717) is 5.82 Å². The molecule has 0 aliphatic heterocycles. The second-order valence-corrected chi connectivity index (χ2v) is 11.4. The second-order valence-electron chi connectivity index (χ2n) is 8.68. The van der Waals surface area contributed by atoms with Gasteiger partial charge >= 0.3 is 5.97 Å². The zero-order valence-corrected chi connectivity index (χ0v) is 18.9. The number of esters is 1. The first-order valence-corrected chi connectivity index (χ1v) is 12.1. The zero-order valence-electron chi connectivity index (χ0n) is 18.0. The van der Waals surface area contributed by atoms with Crippen LogP contribution in [0.4, 0.5) is 4.39 Å². The van der Waals surface area contributed by atoms with Crippen LogP contribution in [-0.4, -0.2) is 40.6 Å². The Morgan fingerprint density at radius 3 is 2.47 bits per heavy atom. The van der Waals surface area contributed by atoms with Crippen molar-refractivity contribution < 1.29 is 27.5 Å². The van der Waals surface area contributed by atoms with Crippen molar-refractivity contribution in [3.63, 3.8) is 0 Å². The van der Waals surface area contributed by atoms with Crippen LogP contribution in [0.1, 0.15) is 57.8 Å². The molecule has 1 aliphatic carbocycles. The molecular formula is C21H28FN2O5P. The van der Waals surface area contributed by atoms with Crippen LogP contribution in [0.3, 0.4) is 0 Å². The van der Waals surface area contributed by atoms with Crippen molar-refractivity contribution in [1.82, 2.24) is 10.1 Å². The summed E-state index contributed by atoms with van der Waals surface area (Å²) in [7, 11) is -3.33. The third-order valence-electron chi connectivity index (χ3n) is 5.04. The van der Waals surface area contributed by atoms with Crippen molar-refractivity contribution in [2.75, 3.05) is 13.3 Å². The van der Waals surface area contributed by atoms with Gasteiger partial charge in [-0.25, -0.2) is 4.39 Å². The van der Waals surface area contributed by atoms with Gasteiger partial charge < -0.3 is 13.8 Å². The number of benzene rings is 1. The molecule has 3 rings (SSSR count). The van der Waals surface area contributed by atoms with Gasteiger partial charge in [-0.2, -0.15) is 4.98 Å². The van der Waals surface area contributed by atoms with Gasteiger partial charge in [0.05, 0.1) is 12.0 Å². The fourth-order valence-corrected chi connectivity index (χ4v) is 5.01. The van der Waals surface area contributed by atoms with Gasteiger partial charge in [0.2, 0.25) is 13.3 Å². The summed E-state index contributed by atoms with van der Waals surface area (Å²) < 4.78 is 42.6. The molecule has 0 saturated heterocycles. The number of carbonyl (C=O) groups is 1. The van der Waals surface area contributed by atoms with Gasteiger partial charge in [-0.3, -0.25) is 9.36 Å². The number of halogens is 1. The van der Waals surface area contributed by atoms with Crippen molar-refractivity contribution in [2.24, 2.45) is 0 Å². The van der Waals surface area contributed by atoms with Gasteiger partial charge in [0.1, 0.15) is 17.1 Å². The van der Waals surface area contributed by atoms with Crippen LogP contribution in [0, 0.1) is 5.82 Å². The van der Waals surface area contributed by atoms with Gasteiger partial charge in [-0.1, -0.05) is 17.3 Å². The van der Waals surface area contributed by atoms with Crippen molar-refractivity contribution in [3.8, 4) is 0 Å². The number of aromatic nitrogens is 2. The third kappa shape index (κ3) is 4.98. The van der Waals surface area contributed by atoms with Crippen LogP contribution in [-0.2, 0) is 30.5 Å². The number of hydrogen-bond donors (Lipinski definition) is 0.